The van der Waals surface area contributed by atoms with E-state index >= 15 is 0 Å². The lowest BCUT2D eigenvalue weighted by Crippen LogP contribution is -2.35. The fraction of sp³-hybridized carbons (Fsp3) is 0.357. The standard InChI is InChI=1S/C14H17ClN2O/c1-3-12(16-4-2)14(18)11-8-17-13-6-5-9(15)7-10(11)13/h5-8,12,16-17H,3-4H2,1-2H3. The molecule has 1 aromatic carbocycles. The maximum atomic E-state index is 12.4. The molecule has 0 bridgehead atoms. The first kappa shape index (κ1) is 13.1. The molecule has 0 fully saturated rings. The Morgan fingerprint density at radius 1 is 1.44 bits per heavy atom. The van der Waals surface area contributed by atoms with Crippen LogP contribution in [0.1, 0.15) is 30.6 Å². The lowest BCUT2D eigenvalue weighted by atomic mass is 10.0. The number of aromatic nitrogens is 1. The molecule has 0 radical (unpaired) electrons. The second-order valence-electron chi connectivity index (χ2n) is 4.28. The zero-order valence-corrected chi connectivity index (χ0v) is 11.3. The van der Waals surface area contributed by atoms with E-state index in [1.807, 2.05) is 32.0 Å². The monoisotopic (exact) mass is 264 g/mol. The molecule has 0 aliphatic rings. The molecule has 1 atom stereocenters. The summed E-state index contributed by atoms with van der Waals surface area (Å²) in [5.41, 5.74) is 1.65. The first-order valence-electron chi connectivity index (χ1n) is 6.21. The molecular weight excluding hydrogens is 248 g/mol. The Labute approximate surface area is 112 Å². The third-order valence-corrected chi connectivity index (χ3v) is 3.32. The Balaban J connectivity index is 2.41. The predicted molar refractivity (Wildman–Crippen MR) is 75.4 cm³/mol. The molecule has 2 rings (SSSR count). The Morgan fingerprint density at radius 2 is 2.22 bits per heavy atom. The smallest absolute Gasteiger partial charge is 0.181 e. The summed E-state index contributed by atoms with van der Waals surface area (Å²) in [6, 6.07) is 5.41. The highest BCUT2D eigenvalue weighted by Gasteiger charge is 2.20. The molecule has 0 aliphatic carbocycles. The average molecular weight is 265 g/mol. The van der Waals surface area contributed by atoms with Gasteiger partial charge in [0.1, 0.15) is 0 Å². The summed E-state index contributed by atoms with van der Waals surface area (Å²) < 4.78 is 0. The minimum atomic E-state index is -0.131. The summed E-state index contributed by atoms with van der Waals surface area (Å²) in [5, 5.41) is 4.74. The fourth-order valence-corrected chi connectivity index (χ4v) is 2.33. The van der Waals surface area contributed by atoms with Crippen LogP contribution in [0.4, 0.5) is 0 Å². The van der Waals surface area contributed by atoms with Gasteiger partial charge >= 0.3 is 0 Å². The van der Waals surface area contributed by atoms with Crippen molar-refractivity contribution in [3.63, 3.8) is 0 Å². The van der Waals surface area contributed by atoms with Crippen LogP contribution in [0.3, 0.4) is 0 Å². The number of halogens is 1. The van der Waals surface area contributed by atoms with Crippen molar-refractivity contribution in [3.8, 4) is 0 Å². The summed E-state index contributed by atoms with van der Waals surface area (Å²) in [4.78, 5) is 15.5. The number of carbonyl (C=O) groups is 1. The molecule has 0 aliphatic heterocycles. The van der Waals surface area contributed by atoms with Gasteiger partial charge in [-0.15, -0.1) is 0 Å². The number of rotatable bonds is 5. The molecule has 18 heavy (non-hydrogen) atoms. The van der Waals surface area contributed by atoms with Crippen LogP contribution in [-0.2, 0) is 0 Å². The number of Topliss-reactive ketones (excluding diaryl/α,β-unsaturated/α-hetero) is 1. The lowest BCUT2D eigenvalue weighted by molar-refractivity contribution is 0.0943. The first-order valence-corrected chi connectivity index (χ1v) is 6.59. The molecule has 1 unspecified atom stereocenters. The van der Waals surface area contributed by atoms with Crippen LogP contribution >= 0.6 is 11.6 Å². The van der Waals surface area contributed by atoms with Crippen LogP contribution in [0.5, 0.6) is 0 Å². The highest BCUT2D eigenvalue weighted by Crippen LogP contribution is 2.23. The third kappa shape index (κ3) is 2.42. The molecule has 2 aromatic rings. The molecule has 3 nitrogen and oxygen atoms in total. The summed E-state index contributed by atoms with van der Waals surface area (Å²) in [5.74, 6) is 0.118. The van der Waals surface area contributed by atoms with Crippen molar-refractivity contribution >= 4 is 28.3 Å². The van der Waals surface area contributed by atoms with Crippen molar-refractivity contribution in [2.24, 2.45) is 0 Å². The minimum absolute atomic E-state index is 0.118. The Kier molecular flexibility index (Phi) is 4.04. The number of nitrogens with one attached hydrogen (secondary N) is 2. The van der Waals surface area contributed by atoms with Gasteiger partial charge in [-0.25, -0.2) is 0 Å². The number of ketones is 1. The van der Waals surface area contributed by atoms with Gasteiger partial charge in [0.25, 0.3) is 0 Å². The van der Waals surface area contributed by atoms with E-state index in [0.717, 1.165) is 23.9 Å². The van der Waals surface area contributed by atoms with Crippen molar-refractivity contribution in [2.75, 3.05) is 6.54 Å². The van der Waals surface area contributed by atoms with E-state index in [1.54, 1.807) is 6.20 Å². The molecule has 1 aromatic heterocycles. The topological polar surface area (TPSA) is 44.9 Å². The zero-order chi connectivity index (χ0) is 13.1. The van der Waals surface area contributed by atoms with Crippen LogP contribution < -0.4 is 5.32 Å². The van der Waals surface area contributed by atoms with E-state index < -0.39 is 0 Å². The number of aromatic amines is 1. The van der Waals surface area contributed by atoms with Crippen molar-refractivity contribution in [2.45, 2.75) is 26.3 Å². The fourth-order valence-electron chi connectivity index (χ4n) is 2.15. The zero-order valence-electron chi connectivity index (χ0n) is 10.6. The van der Waals surface area contributed by atoms with Gasteiger partial charge in [0, 0.05) is 27.7 Å². The van der Waals surface area contributed by atoms with E-state index in [-0.39, 0.29) is 11.8 Å². The average Bonchev–Trinajstić information content (AvgIpc) is 2.78. The number of benzene rings is 1. The van der Waals surface area contributed by atoms with Crippen molar-refractivity contribution in [1.82, 2.24) is 10.3 Å². The predicted octanol–water partition coefficient (Wildman–Crippen LogP) is 3.39. The van der Waals surface area contributed by atoms with Gasteiger partial charge in [-0.3, -0.25) is 4.79 Å². The Hall–Kier alpha value is -1.32. The first-order chi connectivity index (χ1) is 8.67. The van der Waals surface area contributed by atoms with Crippen molar-refractivity contribution in [3.05, 3.63) is 35.0 Å². The van der Waals surface area contributed by atoms with Crippen LogP contribution in [0.15, 0.2) is 24.4 Å². The quantitative estimate of drug-likeness (QED) is 0.813. The second kappa shape index (κ2) is 5.55. The number of hydrogen-bond acceptors (Lipinski definition) is 2. The van der Waals surface area contributed by atoms with Gasteiger partial charge in [0.15, 0.2) is 5.78 Å². The van der Waals surface area contributed by atoms with Gasteiger partial charge in [-0.1, -0.05) is 25.4 Å². The molecule has 96 valence electrons. The van der Waals surface area contributed by atoms with Crippen molar-refractivity contribution in [1.29, 1.82) is 0 Å². The second-order valence-corrected chi connectivity index (χ2v) is 4.71. The van der Waals surface area contributed by atoms with Crippen LogP contribution in [0.25, 0.3) is 10.9 Å². The maximum Gasteiger partial charge on any atom is 0.181 e. The highest BCUT2D eigenvalue weighted by molar-refractivity contribution is 6.31. The lowest BCUT2D eigenvalue weighted by Gasteiger charge is -2.13. The molecule has 1 heterocycles. The van der Waals surface area contributed by atoms with Gasteiger partial charge in [-0.2, -0.15) is 0 Å². The third-order valence-electron chi connectivity index (χ3n) is 3.08. The number of H-pyrrole nitrogens is 1. The molecule has 4 heteroatoms. The number of fused-ring (bicyclic) bond motifs is 1. The molecule has 0 saturated carbocycles. The largest absolute Gasteiger partial charge is 0.360 e. The summed E-state index contributed by atoms with van der Waals surface area (Å²) >= 11 is 5.99. The number of likely N-dealkylation sites (N-methyl/N-ethyl adjacent to an activating group) is 1. The van der Waals surface area contributed by atoms with Gasteiger partial charge in [0.2, 0.25) is 0 Å². The van der Waals surface area contributed by atoms with E-state index in [1.165, 1.54) is 0 Å². The molecule has 0 spiro atoms. The molecule has 0 saturated heterocycles. The SMILES string of the molecule is CCNC(CC)C(=O)c1c[nH]c2ccc(Cl)cc12. The van der Waals surface area contributed by atoms with Gasteiger partial charge < -0.3 is 10.3 Å². The van der Waals surface area contributed by atoms with E-state index in [9.17, 15) is 4.79 Å². The van der Waals surface area contributed by atoms with E-state index in [0.29, 0.717) is 10.6 Å². The number of hydrogen-bond donors (Lipinski definition) is 2. The highest BCUT2D eigenvalue weighted by atomic mass is 35.5. The Bertz CT molecular complexity index is 562. The van der Waals surface area contributed by atoms with E-state index in [2.05, 4.69) is 10.3 Å². The Morgan fingerprint density at radius 3 is 2.89 bits per heavy atom. The van der Waals surface area contributed by atoms with Crippen molar-refractivity contribution < 1.29 is 4.79 Å². The minimum Gasteiger partial charge on any atom is -0.360 e. The van der Waals surface area contributed by atoms with Crippen LogP contribution in [-0.4, -0.2) is 23.4 Å². The van der Waals surface area contributed by atoms with Crippen LogP contribution in [0.2, 0.25) is 5.02 Å². The van der Waals surface area contributed by atoms with Crippen LogP contribution in [0, 0.1) is 0 Å². The number of carbonyl (C=O) groups excluding carboxylic acids is 1. The normalized spacial score (nSPS) is 12.8. The molecule has 0 amide bonds. The summed E-state index contributed by atoms with van der Waals surface area (Å²) in [7, 11) is 0. The van der Waals surface area contributed by atoms with Gasteiger partial charge in [-0.05, 0) is 31.2 Å². The summed E-state index contributed by atoms with van der Waals surface area (Å²) in [6.07, 6.45) is 2.54. The van der Waals surface area contributed by atoms with E-state index in [4.69, 9.17) is 11.6 Å². The summed E-state index contributed by atoms with van der Waals surface area (Å²) in [6.45, 7) is 4.79. The molecule has 2 N–H and O–H groups in total. The maximum absolute atomic E-state index is 12.4. The molecular formula is C14H17ClN2O. The van der Waals surface area contributed by atoms with Gasteiger partial charge in [0.05, 0.1) is 6.04 Å².